The van der Waals surface area contributed by atoms with Crippen molar-refractivity contribution in [1.82, 2.24) is 9.55 Å². The minimum Gasteiger partial charge on any atom is -0.381 e. The lowest BCUT2D eigenvalue weighted by molar-refractivity contribution is 0.0321. The number of imidazole rings is 1. The topological polar surface area (TPSA) is 53.1 Å². The quantitative estimate of drug-likeness (QED) is 0.863. The Morgan fingerprint density at radius 2 is 2.11 bits per heavy atom. The molecule has 0 amide bonds. The summed E-state index contributed by atoms with van der Waals surface area (Å²) in [5, 5.41) is 0.647. The molecular weight excluding hydrogens is 250 g/mol. The summed E-state index contributed by atoms with van der Waals surface area (Å²) in [6.45, 7) is 3.72. The van der Waals surface area contributed by atoms with Gasteiger partial charge in [-0.2, -0.15) is 0 Å². The molecule has 1 fully saturated rings. The van der Waals surface area contributed by atoms with Crippen LogP contribution in [0, 0.1) is 0 Å². The summed E-state index contributed by atoms with van der Waals surface area (Å²) in [7, 11) is 0. The Labute approximate surface area is 111 Å². The number of para-hydroxylation sites is 1. The fourth-order valence-electron chi connectivity index (χ4n) is 2.69. The van der Waals surface area contributed by atoms with Gasteiger partial charge in [-0.25, -0.2) is 4.98 Å². The minimum absolute atomic E-state index is 0.0399. The van der Waals surface area contributed by atoms with E-state index in [1.165, 1.54) is 0 Å². The molecule has 3 rings (SSSR count). The molecule has 2 heterocycles. The molecule has 1 saturated heterocycles. The van der Waals surface area contributed by atoms with Crippen molar-refractivity contribution in [3.63, 3.8) is 0 Å². The molecule has 1 aromatic carbocycles. The monoisotopic (exact) mass is 265 g/mol. The van der Waals surface area contributed by atoms with Gasteiger partial charge < -0.3 is 15.0 Å². The van der Waals surface area contributed by atoms with E-state index >= 15 is 0 Å². The van der Waals surface area contributed by atoms with Crippen LogP contribution in [0.15, 0.2) is 18.2 Å². The van der Waals surface area contributed by atoms with Crippen LogP contribution in [0.3, 0.4) is 0 Å². The second kappa shape index (κ2) is 4.14. The maximum atomic E-state index is 6.17. The highest BCUT2D eigenvalue weighted by molar-refractivity contribution is 6.35. The summed E-state index contributed by atoms with van der Waals surface area (Å²) in [5.41, 5.74) is 7.84. The van der Waals surface area contributed by atoms with Gasteiger partial charge in [0.2, 0.25) is 5.95 Å². The SMILES string of the molecule is CC1(n2c(N)nc3c(Cl)cccc32)CCOCC1. The van der Waals surface area contributed by atoms with Gasteiger partial charge in [-0.1, -0.05) is 17.7 Å². The first-order valence-electron chi connectivity index (χ1n) is 6.12. The number of rotatable bonds is 1. The first kappa shape index (κ1) is 11.8. The van der Waals surface area contributed by atoms with Crippen LogP contribution in [0.2, 0.25) is 5.02 Å². The van der Waals surface area contributed by atoms with Gasteiger partial charge in [0.05, 0.1) is 10.5 Å². The second-order valence-electron chi connectivity index (χ2n) is 5.02. The average Bonchev–Trinajstić information content (AvgIpc) is 2.68. The molecule has 0 radical (unpaired) electrons. The third-order valence-electron chi connectivity index (χ3n) is 3.77. The molecule has 0 unspecified atom stereocenters. The van der Waals surface area contributed by atoms with Gasteiger partial charge in [0.1, 0.15) is 5.52 Å². The van der Waals surface area contributed by atoms with E-state index in [4.69, 9.17) is 22.1 Å². The van der Waals surface area contributed by atoms with Crippen LogP contribution in [0.25, 0.3) is 11.0 Å². The van der Waals surface area contributed by atoms with E-state index in [1.807, 2.05) is 18.2 Å². The van der Waals surface area contributed by atoms with Crippen molar-refractivity contribution in [2.75, 3.05) is 18.9 Å². The van der Waals surface area contributed by atoms with E-state index in [0.717, 1.165) is 37.1 Å². The van der Waals surface area contributed by atoms with Gasteiger partial charge in [0.15, 0.2) is 0 Å². The number of halogens is 1. The zero-order valence-electron chi connectivity index (χ0n) is 10.3. The predicted molar refractivity (Wildman–Crippen MR) is 72.9 cm³/mol. The maximum Gasteiger partial charge on any atom is 0.201 e. The molecule has 0 spiro atoms. The molecule has 2 N–H and O–H groups in total. The fraction of sp³-hybridized carbons (Fsp3) is 0.462. The van der Waals surface area contributed by atoms with E-state index < -0.39 is 0 Å². The van der Waals surface area contributed by atoms with E-state index in [0.29, 0.717) is 11.0 Å². The Morgan fingerprint density at radius 3 is 2.83 bits per heavy atom. The molecule has 1 aliphatic rings. The molecule has 0 bridgehead atoms. The van der Waals surface area contributed by atoms with Crippen LogP contribution in [0.5, 0.6) is 0 Å². The van der Waals surface area contributed by atoms with Crippen LogP contribution in [-0.2, 0) is 10.3 Å². The van der Waals surface area contributed by atoms with Crippen molar-refractivity contribution in [2.45, 2.75) is 25.3 Å². The van der Waals surface area contributed by atoms with Gasteiger partial charge >= 0.3 is 0 Å². The summed E-state index contributed by atoms with van der Waals surface area (Å²) in [4.78, 5) is 4.40. The molecular formula is C13H16ClN3O. The number of nitrogens with two attached hydrogens (primary N) is 1. The van der Waals surface area contributed by atoms with Crippen molar-refractivity contribution in [1.29, 1.82) is 0 Å². The number of nitrogens with zero attached hydrogens (tertiary/aromatic N) is 2. The Balaban J connectivity index is 2.22. The van der Waals surface area contributed by atoms with Crippen LogP contribution in [0.4, 0.5) is 5.95 Å². The lowest BCUT2D eigenvalue weighted by Gasteiger charge is -2.36. The van der Waals surface area contributed by atoms with Gasteiger partial charge in [-0.3, -0.25) is 0 Å². The van der Waals surface area contributed by atoms with Gasteiger partial charge in [0.25, 0.3) is 0 Å². The first-order chi connectivity index (χ1) is 8.62. The highest BCUT2D eigenvalue weighted by atomic mass is 35.5. The molecule has 1 aromatic heterocycles. The average molecular weight is 266 g/mol. The number of anilines is 1. The zero-order valence-corrected chi connectivity index (χ0v) is 11.1. The van der Waals surface area contributed by atoms with Gasteiger partial charge in [0, 0.05) is 18.8 Å². The van der Waals surface area contributed by atoms with Crippen molar-refractivity contribution in [3.05, 3.63) is 23.2 Å². The third-order valence-corrected chi connectivity index (χ3v) is 4.08. The molecule has 4 nitrogen and oxygen atoms in total. The normalized spacial score (nSPS) is 19.2. The van der Waals surface area contributed by atoms with Gasteiger partial charge in [-0.05, 0) is 31.9 Å². The van der Waals surface area contributed by atoms with E-state index in [9.17, 15) is 0 Å². The van der Waals surface area contributed by atoms with Gasteiger partial charge in [-0.15, -0.1) is 0 Å². The number of nitrogen functional groups attached to an aromatic ring is 1. The Bertz CT molecular complexity index is 587. The minimum atomic E-state index is -0.0399. The first-order valence-corrected chi connectivity index (χ1v) is 6.50. The zero-order chi connectivity index (χ0) is 12.8. The van der Waals surface area contributed by atoms with Crippen LogP contribution < -0.4 is 5.73 Å². The number of hydrogen-bond acceptors (Lipinski definition) is 3. The molecule has 96 valence electrons. The van der Waals surface area contributed by atoms with Crippen LogP contribution >= 0.6 is 11.6 Å². The molecule has 0 saturated carbocycles. The smallest absolute Gasteiger partial charge is 0.201 e. The summed E-state index contributed by atoms with van der Waals surface area (Å²) >= 11 is 6.17. The summed E-state index contributed by atoms with van der Waals surface area (Å²) < 4.78 is 7.55. The highest BCUT2D eigenvalue weighted by Crippen LogP contribution is 2.36. The standard InChI is InChI=1S/C13H16ClN3O/c1-13(5-7-18-8-6-13)17-10-4-2-3-9(14)11(10)16-12(17)15/h2-4H,5-8H2,1H3,(H2,15,16). The third kappa shape index (κ3) is 1.68. The second-order valence-corrected chi connectivity index (χ2v) is 5.43. The molecule has 0 atom stereocenters. The summed E-state index contributed by atoms with van der Waals surface area (Å²) in [6.07, 6.45) is 1.88. The molecule has 0 aliphatic carbocycles. The fourth-order valence-corrected chi connectivity index (χ4v) is 2.90. The molecule has 1 aliphatic heterocycles. The predicted octanol–water partition coefficient (Wildman–Crippen LogP) is 2.80. The number of fused-ring (bicyclic) bond motifs is 1. The van der Waals surface area contributed by atoms with E-state index in [2.05, 4.69) is 16.5 Å². The lowest BCUT2D eigenvalue weighted by Crippen LogP contribution is -2.37. The number of hydrogen-bond donors (Lipinski definition) is 1. The van der Waals surface area contributed by atoms with Crippen molar-refractivity contribution in [2.24, 2.45) is 0 Å². The van der Waals surface area contributed by atoms with Crippen molar-refractivity contribution >= 4 is 28.6 Å². The highest BCUT2D eigenvalue weighted by Gasteiger charge is 2.32. The number of ether oxygens (including phenoxy) is 1. The number of aromatic nitrogens is 2. The summed E-state index contributed by atoms with van der Waals surface area (Å²) in [5.74, 6) is 0.530. The Morgan fingerprint density at radius 1 is 1.39 bits per heavy atom. The Hall–Kier alpha value is -1.26. The molecule has 18 heavy (non-hydrogen) atoms. The maximum absolute atomic E-state index is 6.17. The van der Waals surface area contributed by atoms with Crippen LogP contribution in [0.1, 0.15) is 19.8 Å². The number of benzene rings is 1. The lowest BCUT2D eigenvalue weighted by atomic mass is 9.92. The van der Waals surface area contributed by atoms with E-state index in [-0.39, 0.29) is 5.54 Å². The largest absolute Gasteiger partial charge is 0.381 e. The van der Waals surface area contributed by atoms with Crippen molar-refractivity contribution < 1.29 is 4.74 Å². The summed E-state index contributed by atoms with van der Waals surface area (Å²) in [6, 6.07) is 5.79. The molecule has 5 heteroatoms. The molecule has 2 aromatic rings. The van der Waals surface area contributed by atoms with E-state index in [1.54, 1.807) is 0 Å². The van der Waals surface area contributed by atoms with Crippen molar-refractivity contribution in [3.8, 4) is 0 Å². The van der Waals surface area contributed by atoms with Crippen LogP contribution in [-0.4, -0.2) is 22.8 Å². The Kier molecular flexibility index (Phi) is 2.72.